The molecular weight excluding hydrogens is 268 g/mol. The minimum atomic E-state index is -0.151. The van der Waals surface area contributed by atoms with Crippen LogP contribution in [0.4, 0.5) is 0 Å². The molecule has 1 aliphatic heterocycles. The number of benzene rings is 1. The normalized spacial score (nSPS) is 18.4. The minimum absolute atomic E-state index is 0.0406. The average Bonchev–Trinajstić information content (AvgIpc) is 2.45. The highest BCUT2D eigenvalue weighted by Gasteiger charge is 2.29. The number of nitriles is 1. The van der Waals surface area contributed by atoms with Gasteiger partial charge in [-0.25, -0.2) is 0 Å². The van der Waals surface area contributed by atoms with Crippen molar-refractivity contribution in [3.05, 3.63) is 58.6 Å². The molecule has 1 N–H and O–H groups in total. The summed E-state index contributed by atoms with van der Waals surface area (Å²) in [6.45, 7) is 5.68. The highest BCUT2D eigenvalue weighted by atomic mass is 32.2. The van der Waals surface area contributed by atoms with Gasteiger partial charge in [0.1, 0.15) is 0 Å². The Hall–Kier alpha value is -1.99. The number of nitrogens with zero attached hydrogens (tertiary/aromatic N) is 1. The maximum atomic E-state index is 11.9. The fourth-order valence-corrected chi connectivity index (χ4v) is 2.97. The van der Waals surface area contributed by atoms with Gasteiger partial charge in [-0.15, -0.1) is 18.3 Å². The Bertz CT molecular complexity index is 596. The smallest absolute Gasteiger partial charge is 0.225 e. The number of rotatable bonds is 4. The van der Waals surface area contributed by atoms with E-state index >= 15 is 0 Å². The fourth-order valence-electron chi connectivity index (χ4n) is 2.16. The molecule has 0 aromatic heterocycles. The van der Waals surface area contributed by atoms with Gasteiger partial charge in [0.25, 0.3) is 0 Å². The van der Waals surface area contributed by atoms with Crippen molar-refractivity contribution in [2.75, 3.05) is 5.75 Å². The van der Waals surface area contributed by atoms with Gasteiger partial charge >= 0.3 is 0 Å². The molecule has 0 radical (unpaired) electrons. The van der Waals surface area contributed by atoms with Crippen molar-refractivity contribution in [1.82, 2.24) is 5.32 Å². The van der Waals surface area contributed by atoms with E-state index in [1.54, 1.807) is 6.08 Å². The second kappa shape index (κ2) is 6.44. The molecule has 1 aliphatic rings. The van der Waals surface area contributed by atoms with E-state index in [0.717, 1.165) is 11.1 Å². The summed E-state index contributed by atoms with van der Waals surface area (Å²) in [6, 6.07) is 10.3. The summed E-state index contributed by atoms with van der Waals surface area (Å²) >= 11 is 1.44. The molecular formula is C16H16N2OS. The van der Waals surface area contributed by atoms with Crippen LogP contribution in [0.25, 0.3) is 0 Å². The summed E-state index contributed by atoms with van der Waals surface area (Å²) in [5.41, 5.74) is 2.82. The zero-order valence-electron chi connectivity index (χ0n) is 11.3. The van der Waals surface area contributed by atoms with Crippen molar-refractivity contribution in [3.8, 4) is 6.07 Å². The molecule has 0 spiro atoms. The van der Waals surface area contributed by atoms with Crippen LogP contribution in [0.15, 0.2) is 47.5 Å². The van der Waals surface area contributed by atoms with Gasteiger partial charge in [0.15, 0.2) is 0 Å². The van der Waals surface area contributed by atoms with Crippen LogP contribution in [0.1, 0.15) is 23.5 Å². The standard InChI is InChI=1S/C16H16N2OS/c1-3-8-20-16-14(10-17)13(9-15(19)18-16)12-6-4-11(2)5-7-12/h3-7,13H,1,8-9H2,2H3,(H,18,19)/t13-/m1/s1. The van der Waals surface area contributed by atoms with Gasteiger partial charge in [-0.1, -0.05) is 35.9 Å². The van der Waals surface area contributed by atoms with Gasteiger partial charge in [0, 0.05) is 18.1 Å². The van der Waals surface area contributed by atoms with Crippen LogP contribution in [-0.2, 0) is 4.79 Å². The Morgan fingerprint density at radius 3 is 2.80 bits per heavy atom. The molecule has 102 valence electrons. The summed E-state index contributed by atoms with van der Waals surface area (Å²) in [5, 5.41) is 12.9. The first-order chi connectivity index (χ1) is 9.65. The van der Waals surface area contributed by atoms with Gasteiger partial charge < -0.3 is 5.32 Å². The second-order valence-corrected chi connectivity index (χ2v) is 5.70. The molecule has 3 nitrogen and oxygen atoms in total. The zero-order valence-corrected chi connectivity index (χ0v) is 12.2. The summed E-state index contributed by atoms with van der Waals surface area (Å²) < 4.78 is 0. The molecule has 2 rings (SSSR count). The molecule has 1 aromatic carbocycles. The van der Waals surface area contributed by atoms with Gasteiger partial charge in [-0.2, -0.15) is 5.26 Å². The Balaban J connectivity index is 2.39. The highest BCUT2D eigenvalue weighted by Crippen LogP contribution is 2.35. The maximum Gasteiger partial charge on any atom is 0.225 e. The van der Waals surface area contributed by atoms with E-state index in [0.29, 0.717) is 22.8 Å². The quantitative estimate of drug-likeness (QED) is 0.863. The number of aryl methyl sites for hydroxylation is 1. The molecule has 1 aromatic rings. The first kappa shape index (κ1) is 14.4. The third kappa shape index (κ3) is 3.12. The largest absolute Gasteiger partial charge is 0.320 e. The number of carbonyl (C=O) groups is 1. The van der Waals surface area contributed by atoms with Crippen LogP contribution in [0.3, 0.4) is 0 Å². The first-order valence-corrected chi connectivity index (χ1v) is 7.38. The van der Waals surface area contributed by atoms with Gasteiger partial charge in [-0.05, 0) is 12.5 Å². The predicted molar refractivity (Wildman–Crippen MR) is 82.0 cm³/mol. The van der Waals surface area contributed by atoms with Crippen LogP contribution in [0, 0.1) is 18.3 Å². The lowest BCUT2D eigenvalue weighted by molar-refractivity contribution is -0.120. The number of hydrogen-bond acceptors (Lipinski definition) is 3. The van der Waals surface area contributed by atoms with E-state index in [4.69, 9.17) is 0 Å². The molecule has 0 aliphatic carbocycles. The number of thioether (sulfide) groups is 1. The van der Waals surface area contributed by atoms with E-state index in [-0.39, 0.29) is 11.8 Å². The van der Waals surface area contributed by atoms with Crippen LogP contribution in [0.5, 0.6) is 0 Å². The molecule has 20 heavy (non-hydrogen) atoms. The summed E-state index contributed by atoms with van der Waals surface area (Å²) in [6.07, 6.45) is 2.08. The van der Waals surface area contributed by atoms with E-state index in [1.807, 2.05) is 31.2 Å². The molecule has 1 atom stereocenters. The molecule has 1 amide bonds. The van der Waals surface area contributed by atoms with Crippen LogP contribution < -0.4 is 5.32 Å². The van der Waals surface area contributed by atoms with Crippen molar-refractivity contribution < 1.29 is 4.79 Å². The molecule has 0 fully saturated rings. The molecule has 0 unspecified atom stereocenters. The van der Waals surface area contributed by atoms with E-state index in [9.17, 15) is 10.1 Å². The third-order valence-corrected chi connectivity index (χ3v) is 4.19. The van der Waals surface area contributed by atoms with Crippen molar-refractivity contribution in [2.45, 2.75) is 19.3 Å². The van der Waals surface area contributed by atoms with Crippen LogP contribution in [-0.4, -0.2) is 11.7 Å². The molecule has 4 heteroatoms. The summed E-state index contributed by atoms with van der Waals surface area (Å²) in [7, 11) is 0. The molecule has 1 heterocycles. The predicted octanol–water partition coefficient (Wildman–Crippen LogP) is 3.25. The first-order valence-electron chi connectivity index (χ1n) is 6.40. The Kier molecular flexibility index (Phi) is 4.65. The lowest BCUT2D eigenvalue weighted by atomic mass is 9.87. The Morgan fingerprint density at radius 2 is 2.20 bits per heavy atom. The Morgan fingerprint density at radius 1 is 1.50 bits per heavy atom. The van der Waals surface area contributed by atoms with Gasteiger partial charge in [0.05, 0.1) is 16.7 Å². The maximum absolute atomic E-state index is 11.9. The van der Waals surface area contributed by atoms with Crippen molar-refractivity contribution in [1.29, 1.82) is 5.26 Å². The van der Waals surface area contributed by atoms with Crippen molar-refractivity contribution in [2.24, 2.45) is 0 Å². The fraction of sp³-hybridized carbons (Fsp3) is 0.250. The topological polar surface area (TPSA) is 52.9 Å². The van der Waals surface area contributed by atoms with Gasteiger partial charge in [0.2, 0.25) is 5.91 Å². The molecule has 0 saturated carbocycles. The summed E-state index contributed by atoms with van der Waals surface area (Å²) in [4.78, 5) is 11.9. The molecule has 0 bridgehead atoms. The Labute approximate surface area is 123 Å². The number of nitrogens with one attached hydrogen (secondary N) is 1. The monoisotopic (exact) mass is 284 g/mol. The number of hydrogen-bond donors (Lipinski definition) is 1. The van der Waals surface area contributed by atoms with Crippen LogP contribution >= 0.6 is 11.8 Å². The lowest BCUT2D eigenvalue weighted by Crippen LogP contribution is -2.30. The zero-order chi connectivity index (χ0) is 14.5. The second-order valence-electron chi connectivity index (χ2n) is 4.67. The van der Waals surface area contributed by atoms with Crippen LogP contribution in [0.2, 0.25) is 0 Å². The molecule has 0 saturated heterocycles. The number of allylic oxidation sites excluding steroid dienone is 1. The number of amides is 1. The van der Waals surface area contributed by atoms with Gasteiger partial charge in [-0.3, -0.25) is 4.79 Å². The minimum Gasteiger partial charge on any atom is -0.320 e. The van der Waals surface area contributed by atoms with E-state index in [1.165, 1.54) is 11.8 Å². The average molecular weight is 284 g/mol. The van der Waals surface area contributed by atoms with Crippen molar-refractivity contribution >= 4 is 17.7 Å². The third-order valence-electron chi connectivity index (χ3n) is 3.18. The SMILES string of the molecule is C=CCSC1=C(C#N)[C@@H](c2ccc(C)cc2)CC(=O)N1. The lowest BCUT2D eigenvalue weighted by Gasteiger charge is -2.25. The highest BCUT2D eigenvalue weighted by molar-refractivity contribution is 8.03. The van der Waals surface area contributed by atoms with E-state index in [2.05, 4.69) is 18.0 Å². The summed E-state index contributed by atoms with van der Waals surface area (Å²) in [5.74, 6) is 0.476. The number of carbonyl (C=O) groups excluding carboxylic acids is 1. The van der Waals surface area contributed by atoms with Crippen molar-refractivity contribution in [3.63, 3.8) is 0 Å². The van der Waals surface area contributed by atoms with E-state index < -0.39 is 0 Å².